The quantitative estimate of drug-likeness (QED) is 0.544. The largest absolute Gasteiger partial charge is 0.497 e. The number of hydrogen-bond acceptors (Lipinski definition) is 7. The fourth-order valence-electron chi connectivity index (χ4n) is 3.08. The van der Waals surface area contributed by atoms with Crippen molar-refractivity contribution < 1.29 is 19.4 Å². The van der Waals surface area contributed by atoms with Gasteiger partial charge in [0.25, 0.3) is 0 Å². The van der Waals surface area contributed by atoms with Crippen LogP contribution in [0.5, 0.6) is 5.75 Å². The van der Waals surface area contributed by atoms with E-state index in [0.29, 0.717) is 28.4 Å². The van der Waals surface area contributed by atoms with Gasteiger partial charge in [0, 0.05) is 12.7 Å². The first-order valence-corrected chi connectivity index (χ1v) is 9.29. The molecule has 8 heteroatoms. The van der Waals surface area contributed by atoms with Gasteiger partial charge in [-0.3, -0.25) is 4.98 Å². The maximum Gasteiger partial charge on any atom is 0.338 e. The third kappa shape index (κ3) is 3.17. The number of carbonyl (C=O) groups is 1. The molecule has 2 aromatic heterocycles. The lowest BCUT2D eigenvalue weighted by atomic mass is 10.1. The number of methoxy groups -OCH3 is 2. The molecular weight excluding hydrogens is 378 g/mol. The van der Waals surface area contributed by atoms with E-state index in [9.17, 15) is 9.90 Å². The molecule has 0 aliphatic rings. The van der Waals surface area contributed by atoms with E-state index in [4.69, 9.17) is 9.47 Å². The third-order valence-electron chi connectivity index (χ3n) is 4.30. The van der Waals surface area contributed by atoms with Crippen LogP contribution in [0.2, 0.25) is 0 Å². The standard InChI is InChI=1S/C20H17N3O4S/c1-10-4-13(17-15(5-10)22-11(8-21-17)9-26-2)19-23-18-14(20(24)25)6-12(27-3)7-16(18)28-19/h4-8H,9H2,1-3H3,(H,24,25). The van der Waals surface area contributed by atoms with Gasteiger partial charge < -0.3 is 14.6 Å². The van der Waals surface area contributed by atoms with E-state index >= 15 is 0 Å². The number of aromatic nitrogens is 3. The monoisotopic (exact) mass is 395 g/mol. The number of aryl methyl sites for hydroxylation is 1. The zero-order valence-electron chi connectivity index (χ0n) is 15.5. The smallest absolute Gasteiger partial charge is 0.338 e. The molecule has 0 saturated heterocycles. The summed E-state index contributed by atoms with van der Waals surface area (Å²) in [6.07, 6.45) is 1.68. The van der Waals surface area contributed by atoms with Crippen molar-refractivity contribution in [3.63, 3.8) is 0 Å². The lowest BCUT2D eigenvalue weighted by Crippen LogP contribution is -1.98. The number of ether oxygens (including phenoxy) is 2. The summed E-state index contributed by atoms with van der Waals surface area (Å²) >= 11 is 1.40. The van der Waals surface area contributed by atoms with Crippen LogP contribution in [0.25, 0.3) is 31.8 Å². The van der Waals surface area contributed by atoms with Crippen LogP contribution < -0.4 is 4.74 Å². The molecule has 0 amide bonds. The Morgan fingerprint density at radius 2 is 1.96 bits per heavy atom. The Balaban J connectivity index is 1.96. The van der Waals surface area contributed by atoms with Crippen molar-refractivity contribution in [2.24, 2.45) is 0 Å². The SMILES string of the molecule is COCc1cnc2c(-c3nc4c(C(=O)O)cc(OC)cc4s3)cc(C)cc2n1. The van der Waals surface area contributed by atoms with Gasteiger partial charge in [-0.1, -0.05) is 0 Å². The first-order valence-electron chi connectivity index (χ1n) is 8.47. The van der Waals surface area contributed by atoms with E-state index in [1.807, 2.05) is 19.1 Å². The van der Waals surface area contributed by atoms with Gasteiger partial charge in [-0.25, -0.2) is 14.8 Å². The van der Waals surface area contributed by atoms with Crippen LogP contribution in [0, 0.1) is 6.92 Å². The van der Waals surface area contributed by atoms with E-state index in [2.05, 4.69) is 15.0 Å². The summed E-state index contributed by atoms with van der Waals surface area (Å²) in [5.41, 5.74) is 4.60. The number of aromatic carboxylic acids is 1. The van der Waals surface area contributed by atoms with Gasteiger partial charge in [0.1, 0.15) is 10.8 Å². The van der Waals surface area contributed by atoms with E-state index in [0.717, 1.165) is 27.0 Å². The lowest BCUT2D eigenvalue weighted by molar-refractivity contribution is 0.0698. The fourth-order valence-corrected chi connectivity index (χ4v) is 4.12. The Hall–Kier alpha value is -3.10. The van der Waals surface area contributed by atoms with Crippen LogP contribution >= 0.6 is 11.3 Å². The first kappa shape index (κ1) is 18.3. The minimum atomic E-state index is -1.04. The summed E-state index contributed by atoms with van der Waals surface area (Å²) in [5.74, 6) is -0.558. The van der Waals surface area contributed by atoms with Gasteiger partial charge in [0.05, 0.1) is 52.4 Å². The molecule has 0 aliphatic carbocycles. The fraction of sp³-hybridized carbons (Fsp3) is 0.200. The second-order valence-electron chi connectivity index (χ2n) is 6.32. The highest BCUT2D eigenvalue weighted by Gasteiger charge is 2.18. The predicted molar refractivity (Wildman–Crippen MR) is 107 cm³/mol. The van der Waals surface area contributed by atoms with E-state index in [-0.39, 0.29) is 5.56 Å². The molecule has 0 saturated carbocycles. The summed E-state index contributed by atoms with van der Waals surface area (Å²) < 4.78 is 11.1. The number of benzene rings is 2. The van der Waals surface area contributed by atoms with Gasteiger partial charge in [-0.15, -0.1) is 11.3 Å². The predicted octanol–water partition coefficient (Wildman–Crippen LogP) is 4.07. The zero-order valence-corrected chi connectivity index (χ0v) is 16.3. The summed E-state index contributed by atoms with van der Waals surface area (Å²) in [7, 11) is 3.12. The first-order chi connectivity index (χ1) is 13.5. The van der Waals surface area contributed by atoms with Crippen molar-refractivity contribution in [3.8, 4) is 16.3 Å². The number of fused-ring (bicyclic) bond motifs is 2. The van der Waals surface area contributed by atoms with Crippen LogP contribution in [-0.2, 0) is 11.3 Å². The molecule has 4 aromatic rings. The van der Waals surface area contributed by atoms with E-state index in [1.54, 1.807) is 19.4 Å². The van der Waals surface area contributed by atoms with Gasteiger partial charge >= 0.3 is 5.97 Å². The van der Waals surface area contributed by atoms with Gasteiger partial charge in [-0.2, -0.15) is 0 Å². The molecule has 0 radical (unpaired) electrons. The highest BCUT2D eigenvalue weighted by Crippen LogP contribution is 2.37. The number of carboxylic acid groups (broad SMARTS) is 1. The Bertz CT molecular complexity index is 1220. The van der Waals surface area contributed by atoms with E-state index in [1.165, 1.54) is 24.5 Å². The molecule has 0 unspecified atom stereocenters. The molecule has 0 aliphatic heterocycles. The van der Waals surface area contributed by atoms with Crippen molar-refractivity contribution >= 4 is 38.6 Å². The molecule has 142 valence electrons. The minimum absolute atomic E-state index is 0.113. The van der Waals surface area contributed by atoms with Crippen molar-refractivity contribution in [2.45, 2.75) is 13.5 Å². The van der Waals surface area contributed by atoms with Gasteiger partial charge in [-0.05, 0) is 36.8 Å². The molecule has 2 aromatic carbocycles. The summed E-state index contributed by atoms with van der Waals surface area (Å²) in [6.45, 7) is 2.36. The van der Waals surface area contributed by atoms with Crippen molar-refractivity contribution in [1.29, 1.82) is 0 Å². The molecule has 0 bridgehead atoms. The van der Waals surface area contributed by atoms with Crippen molar-refractivity contribution in [2.75, 3.05) is 14.2 Å². The zero-order chi connectivity index (χ0) is 19.8. The molecule has 0 atom stereocenters. The normalized spacial score (nSPS) is 11.2. The van der Waals surface area contributed by atoms with Crippen LogP contribution in [0.3, 0.4) is 0 Å². The maximum absolute atomic E-state index is 11.7. The third-order valence-corrected chi connectivity index (χ3v) is 5.33. The molecule has 0 spiro atoms. The Morgan fingerprint density at radius 1 is 1.14 bits per heavy atom. The highest BCUT2D eigenvalue weighted by atomic mass is 32.1. The average molecular weight is 395 g/mol. The molecule has 28 heavy (non-hydrogen) atoms. The number of nitrogens with zero attached hydrogens (tertiary/aromatic N) is 3. The van der Waals surface area contributed by atoms with Gasteiger partial charge in [0.15, 0.2) is 0 Å². The highest BCUT2D eigenvalue weighted by molar-refractivity contribution is 7.21. The Morgan fingerprint density at radius 3 is 2.68 bits per heavy atom. The topological polar surface area (TPSA) is 94.4 Å². The molecular formula is C20H17N3O4S. The summed E-state index contributed by atoms with van der Waals surface area (Å²) in [5, 5.41) is 10.2. The Kier molecular flexibility index (Phi) is 4.66. The molecule has 1 N–H and O–H groups in total. The second-order valence-corrected chi connectivity index (χ2v) is 7.35. The van der Waals surface area contributed by atoms with Crippen LogP contribution in [0.4, 0.5) is 0 Å². The number of thiazole rings is 1. The molecule has 0 fully saturated rings. The Labute approximate surface area is 164 Å². The molecule has 2 heterocycles. The number of rotatable bonds is 5. The number of carboxylic acids is 1. The summed E-state index contributed by atoms with van der Waals surface area (Å²) in [4.78, 5) is 25.5. The van der Waals surface area contributed by atoms with Gasteiger partial charge in [0.2, 0.25) is 0 Å². The summed E-state index contributed by atoms with van der Waals surface area (Å²) in [6, 6.07) is 7.23. The number of hydrogen-bond donors (Lipinski definition) is 1. The van der Waals surface area contributed by atoms with Crippen molar-refractivity contribution in [1.82, 2.24) is 15.0 Å². The van der Waals surface area contributed by atoms with Crippen LogP contribution in [-0.4, -0.2) is 40.2 Å². The van der Waals surface area contributed by atoms with E-state index < -0.39 is 5.97 Å². The average Bonchev–Trinajstić information content (AvgIpc) is 3.10. The second kappa shape index (κ2) is 7.14. The van der Waals surface area contributed by atoms with Crippen LogP contribution in [0.15, 0.2) is 30.5 Å². The minimum Gasteiger partial charge on any atom is -0.497 e. The lowest BCUT2D eigenvalue weighted by Gasteiger charge is -2.06. The van der Waals surface area contributed by atoms with Crippen LogP contribution in [0.1, 0.15) is 21.6 Å². The maximum atomic E-state index is 11.7. The molecule has 7 nitrogen and oxygen atoms in total. The molecule has 4 rings (SSSR count). The van der Waals surface area contributed by atoms with Crippen molar-refractivity contribution in [3.05, 3.63) is 47.3 Å².